The number of fused-ring (bicyclic) bond motifs is 1. The van der Waals surface area contributed by atoms with E-state index in [9.17, 15) is 13.2 Å². The zero-order chi connectivity index (χ0) is 16.4. The number of carbonyl (C=O) groups is 1. The van der Waals surface area contributed by atoms with Gasteiger partial charge in [0.15, 0.2) is 9.84 Å². The summed E-state index contributed by atoms with van der Waals surface area (Å²) in [5.41, 5.74) is 1.74. The first-order chi connectivity index (χ1) is 11.0. The molecule has 0 radical (unpaired) electrons. The number of nitrogens with zero attached hydrogens (tertiary/aromatic N) is 3. The lowest BCUT2D eigenvalue weighted by molar-refractivity contribution is 0.0624. The molecule has 0 saturated carbocycles. The number of benzene rings is 1. The Morgan fingerprint density at radius 3 is 2.87 bits per heavy atom. The number of amides is 1. The molecule has 1 unspecified atom stereocenters. The summed E-state index contributed by atoms with van der Waals surface area (Å²) in [7, 11) is -1.52. The van der Waals surface area contributed by atoms with Crippen molar-refractivity contribution in [3.8, 4) is 0 Å². The first-order valence-corrected chi connectivity index (χ1v) is 9.13. The molecule has 0 aliphatic carbocycles. The molecule has 124 valence electrons. The van der Waals surface area contributed by atoms with Crippen LogP contribution in [-0.2, 0) is 14.6 Å². The fourth-order valence-electron chi connectivity index (χ4n) is 2.80. The quantitative estimate of drug-likeness (QED) is 0.837. The van der Waals surface area contributed by atoms with Gasteiger partial charge >= 0.3 is 0 Å². The van der Waals surface area contributed by atoms with Crippen LogP contribution in [0.1, 0.15) is 16.8 Å². The second kappa shape index (κ2) is 6.25. The maximum Gasteiger partial charge on any atom is 0.254 e. The Morgan fingerprint density at radius 1 is 1.39 bits per heavy atom. The number of ether oxygens (including phenoxy) is 1. The van der Waals surface area contributed by atoms with Crippen LogP contribution >= 0.6 is 0 Å². The molecule has 2 aromatic rings. The summed E-state index contributed by atoms with van der Waals surface area (Å²) in [4.78, 5) is 14.4. The minimum atomic E-state index is -3.07. The molecule has 1 atom stereocenters. The van der Waals surface area contributed by atoms with E-state index in [0.29, 0.717) is 36.2 Å². The number of nitrogens with one attached hydrogen (secondary N) is 1. The molecular formula is C14H18N4O4S. The third kappa shape index (κ3) is 3.35. The number of H-pyrrole nitrogens is 1. The summed E-state index contributed by atoms with van der Waals surface area (Å²) in [5, 5.41) is 10.4. The molecule has 2 heterocycles. The molecule has 8 nitrogen and oxygen atoms in total. The molecular weight excluding hydrogens is 320 g/mol. The number of methoxy groups -OCH3 is 1. The second-order valence-corrected chi connectivity index (χ2v) is 7.80. The van der Waals surface area contributed by atoms with Crippen molar-refractivity contribution in [3.63, 3.8) is 0 Å². The average Bonchev–Trinajstić information content (AvgIpc) is 3.12. The Labute approximate surface area is 133 Å². The smallest absolute Gasteiger partial charge is 0.254 e. The van der Waals surface area contributed by atoms with Gasteiger partial charge in [-0.2, -0.15) is 15.4 Å². The molecule has 9 heteroatoms. The third-order valence-corrected chi connectivity index (χ3v) is 5.76. The average molecular weight is 338 g/mol. The number of hydrogen-bond acceptors (Lipinski definition) is 6. The molecule has 1 amide bonds. The van der Waals surface area contributed by atoms with Crippen LogP contribution in [0.15, 0.2) is 18.2 Å². The maximum atomic E-state index is 12.8. The predicted octanol–water partition coefficient (Wildman–Crippen LogP) is 0.234. The lowest BCUT2D eigenvalue weighted by Crippen LogP contribution is -2.43. The van der Waals surface area contributed by atoms with Crippen molar-refractivity contribution >= 4 is 26.8 Å². The zero-order valence-electron chi connectivity index (χ0n) is 12.7. The van der Waals surface area contributed by atoms with Gasteiger partial charge in [-0.15, -0.1) is 0 Å². The minimum absolute atomic E-state index is 0.00859. The number of sulfone groups is 1. The molecule has 1 aliphatic heterocycles. The molecule has 1 aliphatic rings. The molecule has 1 aromatic carbocycles. The van der Waals surface area contributed by atoms with E-state index < -0.39 is 9.84 Å². The van der Waals surface area contributed by atoms with E-state index >= 15 is 0 Å². The molecule has 0 bridgehead atoms. The van der Waals surface area contributed by atoms with Gasteiger partial charge in [-0.3, -0.25) is 4.79 Å². The van der Waals surface area contributed by atoms with Gasteiger partial charge in [0, 0.05) is 25.3 Å². The van der Waals surface area contributed by atoms with Crippen LogP contribution in [0.3, 0.4) is 0 Å². The standard InChI is InChI=1S/C14H18N4O4S/c1-22-6-5-18(11-4-7-23(20,21)9-11)14(19)10-2-3-12-13(8-10)16-17-15-12/h2-3,8,11H,4-7,9H2,1H3,(H,15,16,17). The molecule has 3 rings (SSSR count). The highest BCUT2D eigenvalue weighted by atomic mass is 32.2. The Morgan fingerprint density at radius 2 is 2.17 bits per heavy atom. The minimum Gasteiger partial charge on any atom is -0.383 e. The number of carbonyl (C=O) groups excluding carboxylic acids is 1. The van der Waals surface area contributed by atoms with Crippen LogP contribution in [0.4, 0.5) is 0 Å². The summed E-state index contributed by atoms with van der Waals surface area (Å²) in [6.07, 6.45) is 0.462. The number of hydrogen-bond donors (Lipinski definition) is 1. The monoisotopic (exact) mass is 338 g/mol. The van der Waals surface area contributed by atoms with E-state index in [1.807, 2.05) is 0 Å². The first-order valence-electron chi connectivity index (χ1n) is 7.31. The van der Waals surface area contributed by atoms with Crippen LogP contribution in [0.2, 0.25) is 0 Å². The molecule has 0 spiro atoms. The normalized spacial score (nSPS) is 20.0. The van der Waals surface area contributed by atoms with Gasteiger partial charge in [-0.05, 0) is 24.6 Å². The van der Waals surface area contributed by atoms with Crippen molar-refractivity contribution in [2.24, 2.45) is 0 Å². The Hall–Kier alpha value is -2.00. The molecule has 23 heavy (non-hydrogen) atoms. The third-order valence-electron chi connectivity index (χ3n) is 4.01. The molecule has 1 aromatic heterocycles. The van der Waals surface area contributed by atoms with Gasteiger partial charge in [-0.25, -0.2) is 8.42 Å². The Kier molecular flexibility index (Phi) is 4.31. The van der Waals surface area contributed by atoms with E-state index in [0.717, 1.165) is 0 Å². The van der Waals surface area contributed by atoms with Crippen molar-refractivity contribution in [2.75, 3.05) is 31.8 Å². The van der Waals surface area contributed by atoms with Crippen LogP contribution in [0.25, 0.3) is 11.0 Å². The highest BCUT2D eigenvalue weighted by Crippen LogP contribution is 2.21. The summed E-state index contributed by atoms with van der Waals surface area (Å²) in [5.74, 6) is -0.0835. The van der Waals surface area contributed by atoms with Gasteiger partial charge in [0.25, 0.3) is 5.91 Å². The van der Waals surface area contributed by atoms with E-state index in [1.165, 1.54) is 0 Å². The summed E-state index contributed by atoms with van der Waals surface area (Å²) in [6, 6.07) is 4.74. The van der Waals surface area contributed by atoms with Crippen molar-refractivity contribution in [1.29, 1.82) is 0 Å². The SMILES string of the molecule is COCCN(C(=O)c1ccc2n[nH]nc2c1)C1CCS(=O)(=O)C1. The van der Waals surface area contributed by atoms with Crippen LogP contribution < -0.4 is 0 Å². The van der Waals surface area contributed by atoms with Crippen molar-refractivity contribution < 1.29 is 17.9 Å². The predicted molar refractivity (Wildman–Crippen MR) is 83.9 cm³/mol. The summed E-state index contributed by atoms with van der Waals surface area (Å²) < 4.78 is 28.5. The largest absolute Gasteiger partial charge is 0.383 e. The van der Waals surface area contributed by atoms with Gasteiger partial charge in [0.2, 0.25) is 0 Å². The van der Waals surface area contributed by atoms with Crippen LogP contribution in [-0.4, -0.2) is 72.4 Å². The van der Waals surface area contributed by atoms with E-state index in [1.54, 1.807) is 30.2 Å². The van der Waals surface area contributed by atoms with Gasteiger partial charge in [0.05, 0.1) is 18.1 Å². The molecule has 1 saturated heterocycles. The van der Waals surface area contributed by atoms with Gasteiger partial charge in [-0.1, -0.05) is 0 Å². The van der Waals surface area contributed by atoms with E-state index in [2.05, 4.69) is 15.4 Å². The maximum absolute atomic E-state index is 12.8. The molecule has 1 fully saturated rings. The second-order valence-electron chi connectivity index (χ2n) is 5.58. The zero-order valence-corrected chi connectivity index (χ0v) is 13.5. The summed E-state index contributed by atoms with van der Waals surface area (Å²) in [6.45, 7) is 0.709. The Balaban J connectivity index is 1.87. The number of aromatic amines is 1. The highest BCUT2D eigenvalue weighted by Gasteiger charge is 2.34. The number of rotatable bonds is 5. The fraction of sp³-hybridized carbons (Fsp3) is 0.500. The topological polar surface area (TPSA) is 105 Å². The van der Waals surface area contributed by atoms with Crippen LogP contribution in [0.5, 0.6) is 0 Å². The van der Waals surface area contributed by atoms with Gasteiger partial charge < -0.3 is 9.64 Å². The number of aromatic nitrogens is 3. The van der Waals surface area contributed by atoms with E-state index in [-0.39, 0.29) is 23.5 Å². The first kappa shape index (κ1) is 15.9. The van der Waals surface area contributed by atoms with Gasteiger partial charge in [0.1, 0.15) is 11.0 Å². The van der Waals surface area contributed by atoms with Crippen LogP contribution in [0, 0.1) is 0 Å². The lowest BCUT2D eigenvalue weighted by atomic mass is 10.1. The lowest BCUT2D eigenvalue weighted by Gasteiger charge is -2.28. The Bertz CT molecular complexity index is 817. The van der Waals surface area contributed by atoms with Crippen molar-refractivity contribution in [3.05, 3.63) is 23.8 Å². The fourth-order valence-corrected chi connectivity index (χ4v) is 4.53. The summed E-state index contributed by atoms with van der Waals surface area (Å²) >= 11 is 0. The molecule has 1 N–H and O–H groups in total. The van der Waals surface area contributed by atoms with E-state index in [4.69, 9.17) is 4.74 Å². The highest BCUT2D eigenvalue weighted by molar-refractivity contribution is 7.91. The van der Waals surface area contributed by atoms with Crippen molar-refractivity contribution in [2.45, 2.75) is 12.5 Å². The van der Waals surface area contributed by atoms with Crippen molar-refractivity contribution in [1.82, 2.24) is 20.3 Å².